The molecular formula is C54H90O45. The summed E-state index contributed by atoms with van der Waals surface area (Å²) in [5, 5.41) is 299. The summed E-state index contributed by atoms with van der Waals surface area (Å²) in [6.07, 6.45) is -94.3. The summed E-state index contributed by atoms with van der Waals surface area (Å²) < 4.78 is 103. The van der Waals surface area contributed by atoms with E-state index in [2.05, 4.69) is 0 Å². The Morgan fingerprint density at radius 2 is 0.404 bits per heavy atom. The summed E-state index contributed by atoms with van der Waals surface area (Å²) >= 11 is 0. The summed E-state index contributed by atoms with van der Waals surface area (Å²) in [7, 11) is 0. The summed E-state index contributed by atoms with van der Waals surface area (Å²) in [6.45, 7) is -9.86. The number of aliphatic hydroxyl groups is 27. The molecule has 0 spiro atoms. The molecule has 0 unspecified atom stereocenters. The molecule has 14 bridgehead atoms. The number of hydrogen-bond acceptors (Lipinski definition) is 45. The first-order valence-corrected chi connectivity index (χ1v) is 31.6. The maximum absolute atomic E-state index is 12.0. The molecule has 45 atom stereocenters. The van der Waals surface area contributed by atoms with Crippen molar-refractivity contribution in [2.45, 2.75) is 276 Å². The van der Waals surface area contributed by atoms with Crippen molar-refractivity contribution in [2.75, 3.05) is 59.5 Å². The second-order valence-electron chi connectivity index (χ2n) is 25.3. The molecule has 0 saturated carbocycles. The van der Waals surface area contributed by atoms with Crippen LogP contribution >= 0.6 is 0 Å². The molecule has 0 amide bonds. The molecule has 45 nitrogen and oxygen atoms in total. The molecule has 23 heterocycles. The smallest absolute Gasteiger partial charge is 0.187 e. The molecule has 0 aliphatic carbocycles. The monoisotopic (exact) mass is 1460 g/mol. The highest BCUT2D eigenvalue weighted by atomic mass is 16.8. The maximum atomic E-state index is 12.0. The molecule has 23 aliphatic rings. The van der Waals surface area contributed by atoms with E-state index < -0.39 is 336 Å². The molecular weight excluding hydrogens is 1370 g/mol. The zero-order valence-electron chi connectivity index (χ0n) is 51.8. The molecule has 99 heavy (non-hydrogen) atoms. The topological polar surface area (TPSA) is 712 Å². The van der Waals surface area contributed by atoms with Crippen molar-refractivity contribution in [3.63, 3.8) is 0 Å². The fourth-order valence-corrected chi connectivity index (χ4v) is 13.3. The van der Waals surface area contributed by atoms with Crippen molar-refractivity contribution in [1.29, 1.82) is 0 Å². The minimum atomic E-state index is -2.43. The van der Waals surface area contributed by atoms with Gasteiger partial charge >= 0.3 is 0 Å². The van der Waals surface area contributed by atoms with E-state index in [0.29, 0.717) is 0 Å². The van der Waals surface area contributed by atoms with Crippen LogP contribution in [0.2, 0.25) is 0 Å². The highest BCUT2D eigenvalue weighted by Crippen LogP contribution is 2.40. The Bertz CT molecular complexity index is 2450. The third-order valence-electron chi connectivity index (χ3n) is 19.0. The van der Waals surface area contributed by atoms with Gasteiger partial charge in [-0.3, -0.25) is 0 Å². The second-order valence-corrected chi connectivity index (χ2v) is 25.3. The lowest BCUT2D eigenvalue weighted by Gasteiger charge is -2.50. The zero-order valence-corrected chi connectivity index (χ0v) is 51.8. The van der Waals surface area contributed by atoms with E-state index in [-0.39, 0.29) is 0 Å². The van der Waals surface area contributed by atoms with E-state index in [1.54, 1.807) is 0 Å². The van der Waals surface area contributed by atoms with E-state index >= 15 is 0 Å². The third kappa shape index (κ3) is 16.0. The average molecular weight is 1460 g/mol. The van der Waals surface area contributed by atoms with Gasteiger partial charge in [0.1, 0.15) is 220 Å². The van der Waals surface area contributed by atoms with Gasteiger partial charge in [-0.25, -0.2) is 0 Å². The molecule has 0 aromatic carbocycles. The van der Waals surface area contributed by atoms with E-state index in [1.807, 2.05) is 0 Å². The standard InChI is InChI=1S/C54H90O45/c55-1-10-19(63)20(64)29(73)47(83-10)92-38-11(2-56)84-46(30(74)21(38)65)82-9-18-45-28(72)37(81)54(91-18)98-44-17(8-62)89-52(35(79)26(44)70)96-42-15(6-60)87-50(33(77)24(42)68)94-40-13(4-58)85-48(31(75)22(40)66)93-39-12(3-57)86-49(32(76)23(39)67)95-41-14(5-59)88-51(34(78)25(41)69)97-43-16(7-61)90-53(99-45)36(80)27(43)71/h10-81H,1-9H2/t10-,11-,12-,13-,14-,15-,16-,17-,18-,19-,20+,21-,22-,23-,24-,25-,26-,27-,28-,29-,30-,31-,32-,33-,34-,35-,36-,37-,38-,39-,40-,41-,42-,43-,44-,45-,46-,47+,48-,49-,50-,51-,52-,53-,54-/m1/s1. The van der Waals surface area contributed by atoms with Gasteiger partial charge in [-0.05, 0) is 0 Å². The van der Waals surface area contributed by atoms with Crippen LogP contribution in [0.1, 0.15) is 0 Å². The van der Waals surface area contributed by atoms with E-state index in [0.717, 1.165) is 0 Å². The molecule has 23 fully saturated rings. The predicted octanol–water partition coefficient (Wildman–Crippen LogP) is -19.6. The summed E-state index contributed by atoms with van der Waals surface area (Å²) in [5.41, 5.74) is 0. The lowest BCUT2D eigenvalue weighted by Crippen LogP contribution is -2.68. The fourth-order valence-electron chi connectivity index (χ4n) is 13.3. The van der Waals surface area contributed by atoms with Crippen molar-refractivity contribution in [1.82, 2.24) is 0 Å². The normalized spacial score (nSPS) is 55.1. The van der Waals surface area contributed by atoms with Crippen molar-refractivity contribution in [3.8, 4) is 0 Å². The van der Waals surface area contributed by atoms with Crippen LogP contribution in [0.5, 0.6) is 0 Å². The molecule has 23 rings (SSSR count). The van der Waals surface area contributed by atoms with Gasteiger partial charge in [-0.1, -0.05) is 0 Å². The van der Waals surface area contributed by atoms with Gasteiger partial charge in [0.15, 0.2) is 56.6 Å². The first kappa shape index (κ1) is 79.8. The van der Waals surface area contributed by atoms with Gasteiger partial charge < -0.3 is 223 Å². The van der Waals surface area contributed by atoms with Gasteiger partial charge in [0.2, 0.25) is 0 Å². The Labute approximate surface area is 558 Å². The highest BCUT2D eigenvalue weighted by Gasteiger charge is 2.61. The first-order valence-electron chi connectivity index (χ1n) is 31.6. The molecule has 27 N–H and O–H groups in total. The molecule has 23 saturated heterocycles. The molecule has 45 heteroatoms. The van der Waals surface area contributed by atoms with Crippen LogP contribution < -0.4 is 0 Å². The summed E-state index contributed by atoms with van der Waals surface area (Å²) in [4.78, 5) is 0. The van der Waals surface area contributed by atoms with Gasteiger partial charge in [0.05, 0.1) is 59.5 Å². The molecule has 576 valence electrons. The maximum Gasteiger partial charge on any atom is 0.187 e. The fraction of sp³-hybridized carbons (Fsp3) is 1.00. The minimum absolute atomic E-state index is 0.906. The molecule has 23 aliphatic heterocycles. The Balaban J connectivity index is 0.938. The summed E-state index contributed by atoms with van der Waals surface area (Å²) in [6, 6.07) is 0. The van der Waals surface area contributed by atoms with E-state index in [1.165, 1.54) is 0 Å². The largest absolute Gasteiger partial charge is 0.394 e. The van der Waals surface area contributed by atoms with Gasteiger partial charge in [-0.2, -0.15) is 0 Å². The van der Waals surface area contributed by atoms with Crippen LogP contribution in [0.25, 0.3) is 0 Å². The molecule has 0 aromatic rings. The van der Waals surface area contributed by atoms with Crippen LogP contribution in [-0.2, 0) is 85.3 Å². The number of hydrogen-bond donors (Lipinski definition) is 27. The van der Waals surface area contributed by atoms with Crippen molar-refractivity contribution in [3.05, 3.63) is 0 Å². The quantitative estimate of drug-likeness (QED) is 0.0814. The minimum Gasteiger partial charge on any atom is -0.394 e. The van der Waals surface area contributed by atoms with Gasteiger partial charge in [0, 0.05) is 0 Å². The predicted molar refractivity (Wildman–Crippen MR) is 294 cm³/mol. The van der Waals surface area contributed by atoms with Crippen LogP contribution in [0.15, 0.2) is 0 Å². The van der Waals surface area contributed by atoms with E-state index in [4.69, 9.17) is 85.3 Å². The Kier molecular flexibility index (Phi) is 27.4. The molecule has 0 aromatic heterocycles. The lowest BCUT2D eigenvalue weighted by atomic mass is 9.95. The Morgan fingerprint density at radius 1 is 0.182 bits per heavy atom. The average Bonchev–Trinajstić information content (AvgIpc) is 0.754. The summed E-state index contributed by atoms with van der Waals surface area (Å²) in [5.74, 6) is 0. The van der Waals surface area contributed by atoms with Crippen molar-refractivity contribution < 1.29 is 223 Å². The molecule has 0 radical (unpaired) electrons. The van der Waals surface area contributed by atoms with Crippen LogP contribution in [0.3, 0.4) is 0 Å². The SMILES string of the molecule is OC[C@H]1O[C@@H](O[C@H]2[C@H](O)[C@@H](O)[C@H](OC[C@H]3O[C@@H]4O[C@H]5[C@H](O)[C@@H](O)[C@@H](O[C@H]6[C@H](O)[C@@H](O)[C@@H](O[C@H]7[C@H](O)[C@@H](O)[C@@H](O[C@H]8[C@H](O)[C@@H](O)[C@@H](O[C@H]9[C@H](O)[C@@H](O)[C@@H](O[C@H]%10[C@H](O)[C@@H](O)[C@@H](O[C@H]3[C@H](O)[C@H]4O)O[C@@H]%10CO)O[C@@H]9CO)O[C@@H]8CO)O[C@@H]7CO)O[C@@H]6CO)O[C@@H]5CO)O[C@@H]2CO)[C@H](O)[C@@H](O)[C@@H]1O. The van der Waals surface area contributed by atoms with E-state index in [9.17, 15) is 138 Å². The van der Waals surface area contributed by atoms with Crippen LogP contribution in [-0.4, -0.2) is 474 Å². The number of ether oxygens (including phenoxy) is 18. The van der Waals surface area contributed by atoms with Crippen LogP contribution in [0.4, 0.5) is 0 Å². The van der Waals surface area contributed by atoms with Gasteiger partial charge in [0.25, 0.3) is 0 Å². The Morgan fingerprint density at radius 3 is 0.657 bits per heavy atom. The lowest BCUT2D eigenvalue weighted by molar-refractivity contribution is -0.399. The Hall–Kier alpha value is -1.80. The second kappa shape index (κ2) is 34.0. The highest BCUT2D eigenvalue weighted by molar-refractivity contribution is 5.03. The van der Waals surface area contributed by atoms with Crippen molar-refractivity contribution >= 4 is 0 Å². The zero-order chi connectivity index (χ0) is 72.1. The first-order chi connectivity index (χ1) is 47.1. The third-order valence-corrected chi connectivity index (χ3v) is 19.0. The van der Waals surface area contributed by atoms with Crippen molar-refractivity contribution in [2.24, 2.45) is 0 Å². The number of rotatable bonds is 13. The van der Waals surface area contributed by atoms with Crippen LogP contribution in [0, 0.1) is 0 Å². The number of aliphatic hydroxyl groups excluding tert-OH is 27. The van der Waals surface area contributed by atoms with Gasteiger partial charge in [-0.15, -0.1) is 0 Å².